The fourth-order valence-electron chi connectivity index (χ4n) is 0.102. The molecule has 0 aromatic heterocycles. The van der Waals surface area contributed by atoms with Crippen LogP contribution in [0, 0.1) is 0 Å². The van der Waals surface area contributed by atoms with Gasteiger partial charge in [0.15, 0.2) is 0 Å². The van der Waals surface area contributed by atoms with Gasteiger partial charge in [0.05, 0.1) is 0 Å². The molecule has 3 N–H and O–H groups in total. The quantitative estimate of drug-likeness (QED) is 0.320. The van der Waals surface area contributed by atoms with Crippen molar-refractivity contribution < 1.29 is 187 Å². The molecule has 0 unspecified atom stereocenters. The topological polar surface area (TPSA) is 104 Å². The summed E-state index contributed by atoms with van der Waals surface area (Å²) >= 11 is 0. The normalized spacial score (nSPS) is 7.82. The molecule has 0 saturated heterocycles. The van der Waals surface area contributed by atoms with Crippen LogP contribution in [0.4, 0.5) is 4.79 Å². The fraction of sp³-hybridized carbons (Fsp3) is 0. The van der Waals surface area contributed by atoms with Gasteiger partial charge in [0.25, 0.3) is 0 Å². The molecule has 0 aliphatic heterocycles. The maximum absolute atomic E-state index is 9.53. The van der Waals surface area contributed by atoms with E-state index in [2.05, 4.69) is 4.52 Å². The average Bonchev–Trinajstić information content (AvgIpc) is 1.21. The van der Waals surface area contributed by atoms with Crippen LogP contribution in [0.25, 0.3) is 0 Å². The van der Waals surface area contributed by atoms with E-state index in [0.29, 0.717) is 0 Å². The second-order valence-corrected chi connectivity index (χ2v) is 2.01. The van der Waals surface area contributed by atoms with Crippen molar-refractivity contribution in [2.24, 2.45) is 0 Å². The molecule has 0 aliphatic rings. The Morgan fingerprint density at radius 3 is 1.55 bits per heavy atom. The average molecular weight is 262 g/mol. The van der Waals surface area contributed by atoms with Gasteiger partial charge in [-0.05, 0) is 0 Å². The summed E-state index contributed by atoms with van der Waals surface area (Å²) in [5.41, 5.74) is 0. The van der Waals surface area contributed by atoms with E-state index in [1.54, 1.807) is 0 Å². The Kier molecular flexibility index (Phi) is 27.6. The zero-order valence-electron chi connectivity index (χ0n) is 9.51. The van der Waals surface area contributed by atoms with E-state index in [0.717, 1.165) is 0 Å². The molecule has 11 heavy (non-hydrogen) atoms. The second kappa shape index (κ2) is 12.4. The maximum Gasteiger partial charge on any atom is 1.00 e. The van der Waals surface area contributed by atoms with Crippen molar-refractivity contribution in [3.05, 3.63) is 0 Å². The van der Waals surface area contributed by atoms with Gasteiger partial charge in [-0.15, -0.1) is 0 Å². The van der Waals surface area contributed by atoms with E-state index in [9.17, 15) is 9.36 Å². The summed E-state index contributed by atoms with van der Waals surface area (Å²) in [6.07, 6.45) is -1.99. The van der Waals surface area contributed by atoms with Crippen LogP contribution < -0.4 is 154 Å². The molecule has 6 nitrogen and oxygen atoms in total. The van der Waals surface area contributed by atoms with Crippen LogP contribution in [0.15, 0.2) is 0 Å². The van der Waals surface area contributed by atoms with Gasteiger partial charge >= 0.3 is 168 Å². The van der Waals surface area contributed by atoms with Crippen LogP contribution in [0.1, 0.15) is 4.28 Å². The van der Waals surface area contributed by atoms with Crippen molar-refractivity contribution >= 4 is 14.0 Å². The molecule has 0 heterocycles. The van der Waals surface area contributed by atoms with E-state index < -0.39 is 14.0 Å². The molecule has 0 amide bonds. The number of hydrogen-bond donors (Lipinski definition) is 3. The van der Waals surface area contributed by atoms with Crippen LogP contribution in [0.3, 0.4) is 0 Å². The molecule has 0 spiro atoms. The minimum atomic E-state index is -4.82. The molecule has 54 valence electrons. The Bertz CT molecular complexity index is 151. The van der Waals surface area contributed by atoms with Crippen LogP contribution >= 0.6 is 7.82 Å². The first-order chi connectivity index (χ1) is 3.42. The standard InChI is InChI=1S/CH3O6P.3K.3H/c2-1(3)7-8(4,5)6;;;;;;/h(H,2,3)(H2,4,5,6);;;;;;/q;3*+1;3*-1. The molecule has 0 fully saturated rings. The summed E-state index contributed by atoms with van der Waals surface area (Å²) in [6.45, 7) is 0. The van der Waals surface area contributed by atoms with Crippen LogP contribution in [0.5, 0.6) is 0 Å². The zero-order valence-corrected chi connectivity index (χ0v) is 16.8. The molecular weight excluding hydrogens is 256 g/mol. The summed E-state index contributed by atoms with van der Waals surface area (Å²) < 4.78 is 12.6. The minimum absolute atomic E-state index is 0. The predicted molar refractivity (Wildman–Crippen MR) is 24.5 cm³/mol. The first kappa shape index (κ1) is 24.5. The summed E-state index contributed by atoms with van der Waals surface area (Å²) in [7, 11) is -4.82. The fourth-order valence-corrected chi connectivity index (χ4v) is 0.305. The van der Waals surface area contributed by atoms with Crippen LogP contribution in [-0.4, -0.2) is 21.0 Å². The van der Waals surface area contributed by atoms with Crippen molar-refractivity contribution in [3.63, 3.8) is 0 Å². The van der Waals surface area contributed by atoms with Crippen molar-refractivity contribution in [3.8, 4) is 0 Å². The third-order valence-electron chi connectivity index (χ3n) is 0.197. The number of phosphoric acid groups is 1. The second-order valence-electron chi connectivity index (χ2n) is 0.848. The maximum atomic E-state index is 9.53. The monoisotopic (exact) mass is 262 g/mol. The smallest absolute Gasteiger partial charge is 1.00 e. The molecule has 0 aromatic carbocycles. The largest absolute Gasteiger partial charge is 1.00 e. The van der Waals surface area contributed by atoms with Gasteiger partial charge in [0, 0.05) is 0 Å². The van der Waals surface area contributed by atoms with Gasteiger partial charge in [0.1, 0.15) is 0 Å². The number of phosphoric ester groups is 1. The van der Waals surface area contributed by atoms with Crippen LogP contribution in [-0.2, 0) is 9.09 Å². The van der Waals surface area contributed by atoms with Crippen molar-refractivity contribution in [1.82, 2.24) is 0 Å². The Labute approximate surface area is 195 Å². The SMILES string of the molecule is O=C(O)OP(=O)(O)O.[H-].[H-].[H-].[K+].[K+].[K+]. The van der Waals surface area contributed by atoms with E-state index in [4.69, 9.17) is 14.9 Å². The van der Waals surface area contributed by atoms with Gasteiger partial charge < -0.3 is 13.9 Å². The number of rotatable bonds is 1. The first-order valence-electron chi connectivity index (χ1n) is 1.40. The summed E-state index contributed by atoms with van der Waals surface area (Å²) in [4.78, 5) is 24.7. The molecular formula is CH6K3O6P. The predicted octanol–water partition coefficient (Wildman–Crippen LogP) is -8.88. The third kappa shape index (κ3) is 25.0. The van der Waals surface area contributed by atoms with E-state index >= 15 is 0 Å². The molecule has 0 atom stereocenters. The van der Waals surface area contributed by atoms with Crippen molar-refractivity contribution in [1.29, 1.82) is 0 Å². The summed E-state index contributed by atoms with van der Waals surface area (Å²) in [5, 5.41) is 7.53. The molecule has 0 radical (unpaired) electrons. The van der Waals surface area contributed by atoms with E-state index in [-0.39, 0.29) is 158 Å². The molecule has 0 rings (SSSR count). The van der Waals surface area contributed by atoms with Gasteiger partial charge in [-0.1, -0.05) is 0 Å². The molecule has 0 aliphatic carbocycles. The number of carbonyl (C=O) groups is 1. The van der Waals surface area contributed by atoms with E-state index in [1.165, 1.54) is 0 Å². The Balaban J connectivity index is -0.0000000163. The van der Waals surface area contributed by atoms with Gasteiger partial charge in [-0.2, -0.15) is 0 Å². The first-order valence-corrected chi connectivity index (χ1v) is 2.93. The Hall–Kier alpha value is 4.33. The van der Waals surface area contributed by atoms with Gasteiger partial charge in [0.2, 0.25) is 0 Å². The Morgan fingerprint density at radius 2 is 1.55 bits per heavy atom. The van der Waals surface area contributed by atoms with Gasteiger partial charge in [-0.3, -0.25) is 9.79 Å². The summed E-state index contributed by atoms with van der Waals surface area (Å²) in [5.74, 6) is 0. The molecule has 10 heteroatoms. The van der Waals surface area contributed by atoms with Gasteiger partial charge in [-0.25, -0.2) is 9.36 Å². The molecule has 0 bridgehead atoms. The molecule has 0 saturated carbocycles. The summed E-state index contributed by atoms with van der Waals surface area (Å²) in [6, 6.07) is 0. The number of carboxylic acid groups (broad SMARTS) is 1. The van der Waals surface area contributed by atoms with Crippen molar-refractivity contribution in [2.75, 3.05) is 0 Å². The van der Waals surface area contributed by atoms with Crippen molar-refractivity contribution in [2.45, 2.75) is 0 Å². The van der Waals surface area contributed by atoms with Crippen LogP contribution in [0.2, 0.25) is 0 Å². The molecule has 0 aromatic rings. The number of hydrogen-bond acceptors (Lipinski definition) is 3. The van der Waals surface area contributed by atoms with E-state index in [1.807, 2.05) is 0 Å². The minimum Gasteiger partial charge on any atom is -1.00 e. The zero-order chi connectivity index (χ0) is 6.78. The third-order valence-corrected chi connectivity index (χ3v) is 0.591. The Morgan fingerprint density at radius 1 is 1.27 bits per heavy atom.